The molecule has 1 fully saturated rings. The van der Waals surface area contributed by atoms with Gasteiger partial charge in [0.15, 0.2) is 0 Å². The van der Waals surface area contributed by atoms with Gasteiger partial charge in [0.25, 0.3) is 5.91 Å². The monoisotopic (exact) mass is 639 g/mol. The number of aromatic nitrogens is 1. The summed E-state index contributed by atoms with van der Waals surface area (Å²) in [5.74, 6) is 0.336. The van der Waals surface area contributed by atoms with Crippen LogP contribution in [0.5, 0.6) is 5.75 Å². The van der Waals surface area contributed by atoms with E-state index in [0.717, 1.165) is 42.5 Å². The van der Waals surface area contributed by atoms with Crippen molar-refractivity contribution in [3.8, 4) is 28.1 Å². The Labute approximate surface area is 261 Å². The highest BCUT2D eigenvalue weighted by atomic mass is 35.5. The van der Waals surface area contributed by atoms with Crippen LogP contribution in [-0.2, 0) is 0 Å². The topological polar surface area (TPSA) is 132 Å². The van der Waals surface area contributed by atoms with Crippen LogP contribution in [0, 0.1) is 0 Å². The molecule has 0 aliphatic heterocycles. The first-order valence-corrected chi connectivity index (χ1v) is 14.0. The van der Waals surface area contributed by atoms with E-state index in [2.05, 4.69) is 10.2 Å². The Balaban J connectivity index is 0.00000116. The molecule has 0 spiro atoms. The second-order valence-corrected chi connectivity index (χ2v) is 10.8. The molecule has 1 aliphatic carbocycles. The van der Waals surface area contributed by atoms with E-state index in [-0.39, 0.29) is 30.5 Å². The molecule has 1 aliphatic rings. The number of pyridine rings is 1. The summed E-state index contributed by atoms with van der Waals surface area (Å²) in [6.45, 7) is 1.44. The smallest absolute Gasteiger partial charge is 0.492 e. The molecule has 2 aromatic carbocycles. The van der Waals surface area contributed by atoms with Crippen molar-refractivity contribution < 1.29 is 29.6 Å². The third-order valence-corrected chi connectivity index (χ3v) is 7.18. The number of aliphatic hydroxyl groups is 1. The summed E-state index contributed by atoms with van der Waals surface area (Å²) in [4.78, 5) is 28.6. The summed E-state index contributed by atoms with van der Waals surface area (Å²) < 4.78 is 5.99. The van der Waals surface area contributed by atoms with E-state index in [0.29, 0.717) is 46.6 Å². The molecule has 4 N–H and O–H groups in total. The van der Waals surface area contributed by atoms with Crippen LogP contribution >= 0.6 is 35.6 Å². The number of amides is 1. The molecule has 12 heteroatoms. The quantitative estimate of drug-likeness (QED) is 0.189. The standard InChI is InChI=1S/C29H33Cl2N3O3.CH2O3.ClH/c1-34(2)16-5-17-37-27-18-19(8-14-25(27)31)28-23(22-6-3-4-7-24(22)30)13-15-26(33-28)29(36)32-20-9-11-21(35)12-10-20;2-1(3)4;/h3-4,6-8,13-15,18,20-21,35H,5,9-12,16-17H2,1-2H3,(H,32,36);(H2,2,3,4);1H. The van der Waals surface area contributed by atoms with Crippen molar-refractivity contribution in [2.24, 2.45) is 0 Å². The lowest BCUT2D eigenvalue weighted by molar-refractivity contribution is 0.0863. The molecule has 1 saturated carbocycles. The van der Waals surface area contributed by atoms with Crippen molar-refractivity contribution in [2.75, 3.05) is 27.2 Å². The Morgan fingerprint density at radius 3 is 2.29 bits per heavy atom. The van der Waals surface area contributed by atoms with E-state index in [9.17, 15) is 9.90 Å². The number of hydrogen-bond donors (Lipinski definition) is 4. The first-order valence-electron chi connectivity index (χ1n) is 13.3. The number of halogens is 3. The van der Waals surface area contributed by atoms with Gasteiger partial charge in [0.05, 0.1) is 23.4 Å². The molecule has 1 aromatic heterocycles. The highest BCUT2D eigenvalue weighted by Gasteiger charge is 2.23. The Bertz CT molecular complexity index is 1330. The van der Waals surface area contributed by atoms with Crippen LogP contribution < -0.4 is 10.1 Å². The molecular weight excluding hydrogens is 605 g/mol. The number of nitrogens with one attached hydrogen (secondary N) is 1. The maximum Gasteiger partial charge on any atom is 0.503 e. The van der Waals surface area contributed by atoms with Gasteiger partial charge in [-0.1, -0.05) is 47.5 Å². The van der Waals surface area contributed by atoms with Crippen molar-refractivity contribution in [2.45, 2.75) is 44.2 Å². The molecule has 4 rings (SSSR count). The molecule has 9 nitrogen and oxygen atoms in total. The fourth-order valence-corrected chi connectivity index (χ4v) is 4.92. The van der Waals surface area contributed by atoms with Gasteiger partial charge in [0, 0.05) is 34.3 Å². The molecule has 42 heavy (non-hydrogen) atoms. The van der Waals surface area contributed by atoms with E-state index in [1.807, 2.05) is 56.6 Å². The number of carboxylic acid groups (broad SMARTS) is 2. The van der Waals surface area contributed by atoms with Gasteiger partial charge in [-0.05, 0) is 76.5 Å². The number of nitrogens with zero attached hydrogens (tertiary/aromatic N) is 2. The van der Waals surface area contributed by atoms with Gasteiger partial charge in [-0.15, -0.1) is 12.4 Å². The fraction of sp³-hybridized carbons (Fsp3) is 0.367. The molecular formula is C30H36Cl3N3O6. The number of aliphatic hydroxyl groups excluding tert-OH is 1. The molecule has 3 aromatic rings. The predicted molar refractivity (Wildman–Crippen MR) is 167 cm³/mol. The SMILES string of the molecule is CN(C)CCCOc1cc(-c2nc(C(=O)NC3CCC(O)CC3)ccc2-c2ccccc2Cl)ccc1Cl.Cl.O=C(O)O. The molecule has 228 valence electrons. The molecule has 1 heterocycles. The number of carbonyl (C=O) groups excluding carboxylic acids is 1. The Kier molecular flexibility index (Phi) is 14.3. The van der Waals surface area contributed by atoms with Crippen molar-refractivity contribution >= 4 is 47.7 Å². The van der Waals surface area contributed by atoms with Gasteiger partial charge < -0.3 is 30.3 Å². The number of carbonyl (C=O) groups is 2. The minimum atomic E-state index is -1.83. The third kappa shape index (κ3) is 10.6. The number of benzene rings is 2. The second-order valence-electron chi connectivity index (χ2n) is 9.98. The average Bonchev–Trinajstić information content (AvgIpc) is 2.93. The van der Waals surface area contributed by atoms with Gasteiger partial charge >= 0.3 is 6.16 Å². The van der Waals surface area contributed by atoms with Crippen LogP contribution in [0.3, 0.4) is 0 Å². The molecule has 0 atom stereocenters. The van der Waals surface area contributed by atoms with Crippen LogP contribution in [0.2, 0.25) is 10.0 Å². The largest absolute Gasteiger partial charge is 0.503 e. The average molecular weight is 641 g/mol. The highest BCUT2D eigenvalue weighted by molar-refractivity contribution is 6.33. The van der Waals surface area contributed by atoms with Crippen molar-refractivity contribution in [1.29, 1.82) is 0 Å². The maximum atomic E-state index is 13.1. The Morgan fingerprint density at radius 2 is 1.64 bits per heavy atom. The highest BCUT2D eigenvalue weighted by Crippen LogP contribution is 2.38. The van der Waals surface area contributed by atoms with Gasteiger partial charge in [0.2, 0.25) is 0 Å². The van der Waals surface area contributed by atoms with Crippen molar-refractivity contribution in [3.05, 3.63) is 70.3 Å². The maximum absolute atomic E-state index is 13.1. The first kappa shape index (κ1) is 35.1. The summed E-state index contributed by atoms with van der Waals surface area (Å²) >= 11 is 13.0. The van der Waals surface area contributed by atoms with Gasteiger partial charge in [-0.3, -0.25) is 4.79 Å². The summed E-state index contributed by atoms with van der Waals surface area (Å²) in [6.07, 6.45) is 1.64. The fourth-order valence-electron chi connectivity index (χ4n) is 4.51. The van der Waals surface area contributed by atoms with Crippen molar-refractivity contribution in [1.82, 2.24) is 15.2 Å². The predicted octanol–water partition coefficient (Wildman–Crippen LogP) is 6.73. The lowest BCUT2D eigenvalue weighted by Crippen LogP contribution is -2.38. The molecule has 0 bridgehead atoms. The van der Waals surface area contributed by atoms with E-state index in [4.69, 9.17) is 47.9 Å². The zero-order valence-corrected chi connectivity index (χ0v) is 25.8. The van der Waals surface area contributed by atoms with Crippen LogP contribution in [0.25, 0.3) is 22.4 Å². The Hall–Kier alpha value is -3.08. The van der Waals surface area contributed by atoms with Crippen molar-refractivity contribution in [3.63, 3.8) is 0 Å². The van der Waals surface area contributed by atoms with Gasteiger partial charge in [-0.2, -0.15) is 0 Å². The van der Waals surface area contributed by atoms with Gasteiger partial charge in [-0.25, -0.2) is 9.78 Å². The minimum absolute atomic E-state index is 0. The zero-order chi connectivity index (χ0) is 29.9. The van der Waals surface area contributed by atoms with E-state index in [1.54, 1.807) is 12.1 Å². The van der Waals surface area contributed by atoms with E-state index in [1.165, 1.54) is 0 Å². The molecule has 0 radical (unpaired) electrons. The van der Waals surface area contributed by atoms with Crippen LogP contribution in [-0.4, -0.2) is 76.7 Å². The zero-order valence-electron chi connectivity index (χ0n) is 23.4. The number of rotatable bonds is 9. The van der Waals surface area contributed by atoms with Crippen LogP contribution in [0.1, 0.15) is 42.6 Å². The lowest BCUT2D eigenvalue weighted by Gasteiger charge is -2.26. The lowest BCUT2D eigenvalue weighted by atomic mass is 9.93. The second kappa shape index (κ2) is 17.1. The first-order chi connectivity index (χ1) is 19.5. The summed E-state index contributed by atoms with van der Waals surface area (Å²) in [6, 6.07) is 16.7. The van der Waals surface area contributed by atoms with Gasteiger partial charge in [0.1, 0.15) is 11.4 Å². The summed E-state index contributed by atoms with van der Waals surface area (Å²) in [5, 5.41) is 27.9. The molecule has 1 amide bonds. The summed E-state index contributed by atoms with van der Waals surface area (Å²) in [5.41, 5.74) is 3.35. The summed E-state index contributed by atoms with van der Waals surface area (Å²) in [7, 11) is 4.05. The number of ether oxygens (including phenoxy) is 1. The third-order valence-electron chi connectivity index (χ3n) is 6.54. The molecule has 0 unspecified atom stereocenters. The minimum Gasteiger partial charge on any atom is -0.492 e. The van der Waals surface area contributed by atoms with Crippen LogP contribution in [0.4, 0.5) is 4.79 Å². The van der Waals surface area contributed by atoms with E-state index >= 15 is 0 Å². The molecule has 0 saturated heterocycles. The number of hydrogen-bond acceptors (Lipinski definition) is 6. The normalized spacial score (nSPS) is 16.0. The van der Waals surface area contributed by atoms with E-state index < -0.39 is 6.16 Å². The Morgan fingerprint density at radius 1 is 0.976 bits per heavy atom. The van der Waals surface area contributed by atoms with Crippen LogP contribution in [0.15, 0.2) is 54.6 Å².